The zero-order valence-corrected chi connectivity index (χ0v) is 7.25. The molecule has 0 amide bonds. The molecule has 0 atom stereocenters. The lowest BCUT2D eigenvalue weighted by Gasteiger charge is -2.10. The molecule has 1 N–H and O–H groups in total. The molecule has 0 aromatic carbocycles. The van der Waals surface area contributed by atoms with E-state index in [-0.39, 0.29) is 5.56 Å². The van der Waals surface area contributed by atoms with Gasteiger partial charge in [0.05, 0.1) is 6.61 Å². The molecule has 0 aliphatic heterocycles. The molecule has 0 spiro atoms. The minimum Gasteiger partial charge on any atom is -0.403 e. The molecule has 0 saturated carbocycles. The first-order valence-corrected chi connectivity index (χ1v) is 3.72. The first kappa shape index (κ1) is 11.3. The van der Waals surface area contributed by atoms with Crippen LogP contribution < -0.4 is 4.74 Å². The van der Waals surface area contributed by atoms with Crippen LogP contribution in [0.2, 0.25) is 0 Å². The van der Waals surface area contributed by atoms with Gasteiger partial charge in [-0.05, 0) is 11.6 Å². The van der Waals surface area contributed by atoms with Crippen LogP contribution >= 0.6 is 0 Å². The number of halogens is 3. The second-order valence-electron chi connectivity index (χ2n) is 2.51. The normalized spacial score (nSPS) is 10.9. The van der Waals surface area contributed by atoms with Crippen molar-refractivity contribution in [2.45, 2.75) is 13.0 Å². The number of nitrogens with zero attached hydrogens (tertiary/aromatic N) is 2. The van der Waals surface area contributed by atoms with E-state index < -0.39 is 24.4 Å². The number of alkyl halides is 3. The average molecular weight is 218 g/mol. The summed E-state index contributed by atoms with van der Waals surface area (Å²) in [5.41, 5.74) is -0.349. The predicted octanol–water partition coefficient (Wildman–Crippen LogP) is 1.34. The third-order valence-electron chi connectivity index (χ3n) is 1.42. The van der Waals surface area contributed by atoms with Crippen LogP contribution in [-0.2, 0) is 6.61 Å². The third-order valence-corrected chi connectivity index (χ3v) is 1.42. The van der Waals surface area contributed by atoms with E-state index in [1.54, 1.807) is 0 Å². The fourth-order valence-corrected chi connectivity index (χ4v) is 0.858. The number of hydrogen-bond donors (Lipinski definition) is 1. The van der Waals surface area contributed by atoms with Gasteiger partial charge < -0.3 is 9.84 Å². The lowest BCUT2D eigenvalue weighted by Crippen LogP contribution is -2.18. The van der Waals surface area contributed by atoms with Crippen LogP contribution in [0.3, 0.4) is 0 Å². The Morgan fingerprint density at radius 1 is 1.53 bits per heavy atom. The zero-order chi connectivity index (χ0) is 11.5. The Morgan fingerprint density at radius 3 is 2.67 bits per heavy atom. The number of aliphatic hydroxyl groups excluding tert-OH is 1. The van der Waals surface area contributed by atoms with Crippen molar-refractivity contribution < 1.29 is 23.0 Å². The Bertz CT molecular complexity index is 398. The van der Waals surface area contributed by atoms with Crippen LogP contribution in [0.15, 0.2) is 12.3 Å². The SMILES string of the molecule is N#Cc1ncc(CO)cc1OC(F)(F)F. The molecule has 0 bridgehead atoms. The van der Waals surface area contributed by atoms with Gasteiger partial charge in [0.15, 0.2) is 11.4 Å². The summed E-state index contributed by atoms with van der Waals surface area (Å²) in [6.07, 6.45) is -3.79. The van der Waals surface area contributed by atoms with Crippen LogP contribution in [0.5, 0.6) is 5.75 Å². The summed E-state index contributed by atoms with van der Waals surface area (Å²) in [5.74, 6) is -0.712. The van der Waals surface area contributed by atoms with Gasteiger partial charge in [-0.15, -0.1) is 13.2 Å². The molecular weight excluding hydrogens is 213 g/mol. The van der Waals surface area contributed by atoms with Gasteiger partial charge in [0, 0.05) is 6.20 Å². The average Bonchev–Trinajstić information content (AvgIpc) is 2.15. The molecule has 4 nitrogen and oxygen atoms in total. The van der Waals surface area contributed by atoms with Gasteiger partial charge in [0.2, 0.25) is 0 Å². The molecule has 0 aliphatic carbocycles. The van der Waals surface area contributed by atoms with E-state index in [0.29, 0.717) is 0 Å². The van der Waals surface area contributed by atoms with Crippen LogP contribution in [0.25, 0.3) is 0 Å². The van der Waals surface area contributed by atoms with E-state index in [9.17, 15) is 13.2 Å². The van der Waals surface area contributed by atoms with Crippen LogP contribution in [0, 0.1) is 11.3 Å². The van der Waals surface area contributed by atoms with E-state index in [1.165, 1.54) is 6.07 Å². The van der Waals surface area contributed by atoms with Gasteiger partial charge in [-0.25, -0.2) is 4.98 Å². The topological polar surface area (TPSA) is 66.1 Å². The number of pyridine rings is 1. The fraction of sp³-hybridized carbons (Fsp3) is 0.250. The minimum atomic E-state index is -4.89. The molecule has 0 fully saturated rings. The van der Waals surface area contributed by atoms with E-state index in [2.05, 4.69) is 9.72 Å². The molecule has 15 heavy (non-hydrogen) atoms. The summed E-state index contributed by atoms with van der Waals surface area (Å²) in [6, 6.07) is 2.37. The Morgan fingerprint density at radius 2 is 2.20 bits per heavy atom. The number of aliphatic hydroxyl groups is 1. The van der Waals surface area contributed by atoms with Gasteiger partial charge >= 0.3 is 6.36 Å². The fourth-order valence-electron chi connectivity index (χ4n) is 0.858. The molecule has 0 aliphatic rings. The minimum absolute atomic E-state index is 0.133. The standard InChI is InChI=1S/C8H5F3N2O2/c9-8(10,11)15-7-1-5(4-14)3-13-6(7)2-12/h1,3,14H,4H2. The van der Waals surface area contributed by atoms with Gasteiger partial charge in [-0.3, -0.25) is 0 Å². The number of ether oxygens (including phenoxy) is 1. The van der Waals surface area contributed by atoms with Gasteiger partial charge in [0.1, 0.15) is 6.07 Å². The maximum absolute atomic E-state index is 11.9. The van der Waals surface area contributed by atoms with E-state index in [1.807, 2.05) is 0 Å². The molecule has 0 saturated heterocycles. The number of nitriles is 1. The highest BCUT2D eigenvalue weighted by Crippen LogP contribution is 2.25. The third kappa shape index (κ3) is 3.11. The highest BCUT2D eigenvalue weighted by atomic mass is 19.4. The molecule has 80 valence electrons. The lowest BCUT2D eigenvalue weighted by atomic mass is 10.2. The van der Waals surface area contributed by atoms with Crippen LogP contribution in [0.4, 0.5) is 13.2 Å². The van der Waals surface area contributed by atoms with Gasteiger partial charge in [-0.1, -0.05) is 0 Å². The van der Waals surface area contributed by atoms with E-state index >= 15 is 0 Å². The predicted molar refractivity (Wildman–Crippen MR) is 41.6 cm³/mol. The van der Waals surface area contributed by atoms with E-state index in [4.69, 9.17) is 10.4 Å². The largest absolute Gasteiger partial charge is 0.573 e. The van der Waals surface area contributed by atoms with Crippen LogP contribution in [0.1, 0.15) is 11.3 Å². The van der Waals surface area contributed by atoms with Crippen molar-refractivity contribution in [3.05, 3.63) is 23.5 Å². The maximum Gasteiger partial charge on any atom is 0.573 e. The summed E-state index contributed by atoms with van der Waals surface area (Å²) in [5, 5.41) is 17.1. The second-order valence-corrected chi connectivity index (χ2v) is 2.51. The van der Waals surface area contributed by atoms with Crippen LogP contribution in [-0.4, -0.2) is 16.5 Å². The highest BCUT2D eigenvalue weighted by Gasteiger charge is 2.32. The first-order valence-electron chi connectivity index (χ1n) is 3.72. The van der Waals surface area contributed by atoms with Crippen molar-refractivity contribution in [2.75, 3.05) is 0 Å². The first-order chi connectivity index (χ1) is 6.96. The quantitative estimate of drug-likeness (QED) is 0.813. The molecular formula is C8H5F3N2O2. The van der Waals surface area contributed by atoms with Gasteiger partial charge in [0.25, 0.3) is 0 Å². The summed E-state index contributed by atoms with van der Waals surface area (Å²) in [7, 11) is 0. The summed E-state index contributed by atoms with van der Waals surface area (Å²) in [4.78, 5) is 3.41. The lowest BCUT2D eigenvalue weighted by molar-refractivity contribution is -0.274. The summed E-state index contributed by atoms with van der Waals surface area (Å²) < 4.78 is 39.2. The maximum atomic E-state index is 11.9. The Balaban J connectivity index is 3.08. The zero-order valence-electron chi connectivity index (χ0n) is 7.25. The Hall–Kier alpha value is -1.81. The monoisotopic (exact) mass is 218 g/mol. The molecule has 0 radical (unpaired) electrons. The Kier molecular flexibility index (Phi) is 3.11. The molecule has 1 rings (SSSR count). The summed E-state index contributed by atoms with van der Waals surface area (Å²) >= 11 is 0. The van der Waals surface area contributed by atoms with Gasteiger partial charge in [-0.2, -0.15) is 5.26 Å². The molecule has 0 unspecified atom stereocenters. The molecule has 1 heterocycles. The molecule has 1 aromatic heterocycles. The van der Waals surface area contributed by atoms with Crippen molar-refractivity contribution >= 4 is 0 Å². The summed E-state index contributed by atoms with van der Waals surface area (Å²) in [6.45, 7) is -0.479. The molecule has 1 aromatic rings. The van der Waals surface area contributed by atoms with Crippen molar-refractivity contribution in [2.24, 2.45) is 0 Å². The van der Waals surface area contributed by atoms with Crippen molar-refractivity contribution in [3.63, 3.8) is 0 Å². The van der Waals surface area contributed by atoms with Crippen molar-refractivity contribution in [1.82, 2.24) is 4.98 Å². The number of aromatic nitrogens is 1. The number of rotatable bonds is 2. The van der Waals surface area contributed by atoms with E-state index in [0.717, 1.165) is 12.3 Å². The molecule has 7 heteroatoms. The highest BCUT2D eigenvalue weighted by molar-refractivity contribution is 5.39. The van der Waals surface area contributed by atoms with Crippen molar-refractivity contribution in [1.29, 1.82) is 5.26 Å². The number of hydrogen-bond acceptors (Lipinski definition) is 4. The second kappa shape index (κ2) is 4.14. The Labute approximate surface area is 82.5 Å². The van der Waals surface area contributed by atoms with Crippen molar-refractivity contribution in [3.8, 4) is 11.8 Å². The smallest absolute Gasteiger partial charge is 0.403 e.